The molecule has 5 amide bonds. The van der Waals surface area contributed by atoms with Crippen molar-refractivity contribution in [1.29, 1.82) is 0 Å². The van der Waals surface area contributed by atoms with E-state index in [4.69, 9.17) is 52.2 Å². The maximum atomic E-state index is 12.8. The molecule has 0 spiro atoms. The lowest BCUT2D eigenvalue weighted by atomic mass is 9.92. The summed E-state index contributed by atoms with van der Waals surface area (Å²) in [5, 5.41) is 127. The van der Waals surface area contributed by atoms with Crippen molar-refractivity contribution in [2.24, 2.45) is 5.41 Å². The van der Waals surface area contributed by atoms with E-state index in [1.807, 2.05) is 0 Å². The molecule has 0 saturated carbocycles. The molecule has 0 aromatic heterocycles. The van der Waals surface area contributed by atoms with E-state index < -0.39 is 159 Å². The van der Waals surface area contributed by atoms with Gasteiger partial charge in [-0.15, -0.1) is 5.06 Å². The van der Waals surface area contributed by atoms with Gasteiger partial charge < -0.3 is 129 Å². The summed E-state index contributed by atoms with van der Waals surface area (Å²) in [6.07, 6.45) is -24.0. The van der Waals surface area contributed by atoms with E-state index in [9.17, 15) is 90.0 Å². The molecule has 4 heterocycles. The maximum absolute atomic E-state index is 12.8. The number of hydroxylamine groups is 2. The standard InChI is InChI=1S/C45H76N4O29/c50-17-24-33(59)36(62)39(65)42(75-24)72-14-7-46-27(53)3-10-68-20-45(23-71-13-6-32(58)78-49-30(56)1-2-31(49)57,21-69-11-4-28(54)47-8-15-73-43-40(66)37(63)34(60)25(18-51)76-43)22-70-12-5-29(55)48-9-16-74-44-41(67)38(64)35(61)26(19-52)77-44/h24-26,33-44,50-52,59-67H,1-23H2,(H,46,53)(H,47,54)(H,48,55)/t24-,25-,26-,33-,34-,35-,36+,37+,38+,39+,40+,41+,42+,43+,44+/m1/s1. The van der Waals surface area contributed by atoms with Crippen LogP contribution in [0.1, 0.15) is 38.5 Å². The average Bonchev–Trinajstić information content (AvgIpc) is 3.76. The minimum Gasteiger partial charge on any atom is -0.394 e. The van der Waals surface area contributed by atoms with Crippen LogP contribution in [0.5, 0.6) is 0 Å². The van der Waals surface area contributed by atoms with Crippen LogP contribution >= 0.6 is 0 Å². The molecule has 33 nitrogen and oxygen atoms in total. The van der Waals surface area contributed by atoms with Gasteiger partial charge in [0.15, 0.2) is 18.9 Å². The number of hydrogen-bond donors (Lipinski definition) is 15. The molecule has 0 bridgehead atoms. The van der Waals surface area contributed by atoms with Gasteiger partial charge in [-0.1, -0.05) is 0 Å². The predicted molar refractivity (Wildman–Crippen MR) is 250 cm³/mol. The second-order valence-corrected chi connectivity index (χ2v) is 18.5. The van der Waals surface area contributed by atoms with Crippen molar-refractivity contribution in [1.82, 2.24) is 21.0 Å². The van der Waals surface area contributed by atoms with Crippen molar-refractivity contribution in [3.63, 3.8) is 0 Å². The molecule has 15 N–H and O–H groups in total. The number of nitrogens with zero attached hydrogens (tertiary/aromatic N) is 1. The van der Waals surface area contributed by atoms with Gasteiger partial charge in [-0.3, -0.25) is 24.0 Å². The van der Waals surface area contributed by atoms with Crippen molar-refractivity contribution in [2.75, 3.05) is 112 Å². The minimum atomic E-state index is -1.67. The topological polar surface area (TPSA) is 486 Å². The number of aliphatic hydroxyl groups excluding tert-OH is 12. The van der Waals surface area contributed by atoms with Gasteiger partial charge >= 0.3 is 5.97 Å². The van der Waals surface area contributed by atoms with Crippen LogP contribution in [0.4, 0.5) is 0 Å². The Kier molecular flexibility index (Phi) is 29.4. The van der Waals surface area contributed by atoms with Crippen LogP contribution in [-0.2, 0) is 81.0 Å². The van der Waals surface area contributed by atoms with Gasteiger partial charge in [0.2, 0.25) is 17.7 Å². The van der Waals surface area contributed by atoms with Crippen molar-refractivity contribution in [2.45, 2.75) is 131 Å². The molecule has 450 valence electrons. The molecule has 4 aliphatic rings. The fourth-order valence-electron chi connectivity index (χ4n) is 7.84. The highest BCUT2D eigenvalue weighted by Crippen LogP contribution is 2.25. The second-order valence-electron chi connectivity index (χ2n) is 18.5. The number of imide groups is 1. The summed E-state index contributed by atoms with van der Waals surface area (Å²) in [7, 11) is 0. The minimum absolute atomic E-state index is 0.104. The fourth-order valence-corrected chi connectivity index (χ4v) is 7.84. The Bertz CT molecular complexity index is 1670. The van der Waals surface area contributed by atoms with Crippen LogP contribution < -0.4 is 16.0 Å². The van der Waals surface area contributed by atoms with E-state index in [0.717, 1.165) is 0 Å². The zero-order chi connectivity index (χ0) is 57.4. The summed E-state index contributed by atoms with van der Waals surface area (Å²) in [5.41, 5.74) is -1.31. The van der Waals surface area contributed by atoms with Gasteiger partial charge in [-0.2, -0.15) is 0 Å². The Hall–Kier alpha value is -3.86. The molecule has 78 heavy (non-hydrogen) atoms. The number of nitrogens with one attached hydrogen (secondary N) is 3. The van der Waals surface area contributed by atoms with Gasteiger partial charge in [0.1, 0.15) is 73.2 Å². The number of hydrogen-bond acceptors (Lipinski definition) is 29. The van der Waals surface area contributed by atoms with E-state index in [2.05, 4.69) is 16.0 Å². The van der Waals surface area contributed by atoms with Crippen molar-refractivity contribution >= 4 is 35.5 Å². The first kappa shape index (κ1) is 66.7. The summed E-state index contributed by atoms with van der Waals surface area (Å²) in [5.74, 6) is -3.93. The third-order valence-corrected chi connectivity index (χ3v) is 12.4. The lowest BCUT2D eigenvalue weighted by Gasteiger charge is -2.39. The molecular formula is C45H76N4O29. The zero-order valence-corrected chi connectivity index (χ0v) is 42.7. The highest BCUT2D eigenvalue weighted by Gasteiger charge is 2.46. The number of aliphatic hydroxyl groups is 12. The number of carbonyl (C=O) groups is 6. The third-order valence-electron chi connectivity index (χ3n) is 12.4. The number of rotatable bonds is 36. The Morgan fingerprint density at radius 3 is 1.04 bits per heavy atom. The van der Waals surface area contributed by atoms with E-state index >= 15 is 0 Å². The Balaban J connectivity index is 1.33. The van der Waals surface area contributed by atoms with Crippen molar-refractivity contribution in [3.05, 3.63) is 0 Å². The van der Waals surface area contributed by atoms with E-state index in [1.165, 1.54) is 0 Å². The molecule has 4 fully saturated rings. The highest BCUT2D eigenvalue weighted by atomic mass is 16.7. The molecule has 0 unspecified atom stereocenters. The smallest absolute Gasteiger partial charge is 0.335 e. The van der Waals surface area contributed by atoms with E-state index in [0.29, 0.717) is 5.06 Å². The zero-order valence-electron chi connectivity index (χ0n) is 42.7. The van der Waals surface area contributed by atoms with Crippen molar-refractivity contribution < 1.29 is 142 Å². The largest absolute Gasteiger partial charge is 0.394 e. The Morgan fingerprint density at radius 2 is 0.744 bits per heavy atom. The van der Waals surface area contributed by atoms with Gasteiger partial charge in [0.05, 0.1) is 104 Å². The summed E-state index contributed by atoms with van der Waals surface area (Å²) >= 11 is 0. The first-order valence-corrected chi connectivity index (χ1v) is 25.2. The Labute approximate surface area is 446 Å². The van der Waals surface area contributed by atoms with E-state index in [1.54, 1.807) is 0 Å². The molecule has 4 rings (SSSR count). The Morgan fingerprint density at radius 1 is 0.449 bits per heavy atom. The molecule has 4 saturated heterocycles. The average molecular weight is 1140 g/mol. The molecule has 0 radical (unpaired) electrons. The number of carbonyl (C=O) groups excluding carboxylic acids is 6. The first-order chi connectivity index (χ1) is 37.3. The summed E-state index contributed by atoms with van der Waals surface area (Å²) in [4.78, 5) is 79.7. The fraction of sp³-hybridized carbons (Fsp3) is 0.867. The number of amides is 5. The van der Waals surface area contributed by atoms with Crippen LogP contribution in [0.15, 0.2) is 0 Å². The summed E-state index contributed by atoms with van der Waals surface area (Å²) in [6, 6.07) is 0. The molecule has 0 aromatic rings. The lowest BCUT2D eigenvalue weighted by Crippen LogP contribution is -2.59. The number of ether oxygens (including phenoxy) is 10. The second kappa shape index (κ2) is 34.4. The van der Waals surface area contributed by atoms with Crippen molar-refractivity contribution in [3.8, 4) is 0 Å². The molecule has 15 atom stereocenters. The normalized spacial score (nSPS) is 30.6. The molecule has 0 aliphatic carbocycles. The SMILES string of the molecule is O=C(CCOCC(COCCC(=O)NCCO[C@H]1O[C@H](CO)[C@@H](O)[C@H](O)[C@@H]1O)(COCCC(=O)NCCO[C@H]1O[C@H](CO)[C@@H](O)[C@H](O)[C@@H]1O)COCCC(=O)ON1C(=O)CCC1=O)NCCO[C@H]1O[C@H](CO)[C@@H](O)[C@H](O)[C@@H]1O. The van der Waals surface area contributed by atoms with Gasteiger partial charge in [-0.05, 0) is 0 Å². The van der Waals surface area contributed by atoms with Crippen LogP contribution in [0, 0.1) is 5.41 Å². The first-order valence-electron chi connectivity index (χ1n) is 25.2. The summed E-state index contributed by atoms with van der Waals surface area (Å²) < 4.78 is 55.6. The highest BCUT2D eigenvalue weighted by molar-refractivity contribution is 6.01. The molecule has 4 aliphatic heterocycles. The van der Waals surface area contributed by atoms with Crippen LogP contribution in [0.2, 0.25) is 0 Å². The van der Waals surface area contributed by atoms with Gasteiger partial charge in [-0.25, -0.2) is 4.79 Å². The van der Waals surface area contributed by atoms with Gasteiger partial charge in [0.25, 0.3) is 11.8 Å². The lowest BCUT2D eigenvalue weighted by molar-refractivity contribution is -0.300. The van der Waals surface area contributed by atoms with E-state index in [-0.39, 0.29) is 124 Å². The molecular weight excluding hydrogens is 1060 g/mol. The van der Waals surface area contributed by atoms with Gasteiger partial charge in [0, 0.05) is 51.7 Å². The van der Waals surface area contributed by atoms with Crippen LogP contribution in [0.3, 0.4) is 0 Å². The molecule has 0 aromatic carbocycles. The quantitative estimate of drug-likeness (QED) is 0.0205. The predicted octanol–water partition coefficient (Wildman–Crippen LogP) is -10.00. The molecule has 33 heteroatoms. The summed E-state index contributed by atoms with van der Waals surface area (Å²) in [6.45, 7) is -5.07. The third kappa shape index (κ3) is 20.9. The monoisotopic (exact) mass is 1140 g/mol. The van der Waals surface area contributed by atoms with Crippen LogP contribution in [0.25, 0.3) is 0 Å². The van der Waals surface area contributed by atoms with Crippen LogP contribution in [-0.4, -0.2) is 306 Å². The maximum Gasteiger partial charge on any atom is 0.335 e.